The van der Waals surface area contributed by atoms with Gasteiger partial charge in [-0.25, -0.2) is 4.39 Å². The molecule has 0 aromatic heterocycles. The van der Waals surface area contributed by atoms with E-state index in [0.29, 0.717) is 25.3 Å². The fourth-order valence-corrected chi connectivity index (χ4v) is 4.77. The molecule has 1 aromatic rings. The van der Waals surface area contributed by atoms with Crippen LogP contribution in [0.5, 0.6) is 0 Å². The minimum absolute atomic E-state index is 0.0308. The average Bonchev–Trinajstić information content (AvgIpc) is 2.93. The van der Waals surface area contributed by atoms with Crippen LogP contribution in [0.1, 0.15) is 12.8 Å². The van der Waals surface area contributed by atoms with Crippen LogP contribution in [0.2, 0.25) is 0 Å². The molecular weight excluding hydrogens is 281 g/mol. The molecule has 1 aromatic carbocycles. The molecule has 7 heteroatoms. The number of hydrogen-bond donors (Lipinski definition) is 1. The second-order valence-electron chi connectivity index (χ2n) is 5.17. The molecule has 2 aliphatic heterocycles. The highest BCUT2D eigenvalue weighted by molar-refractivity contribution is 7.90. The van der Waals surface area contributed by atoms with Crippen molar-refractivity contribution in [2.75, 3.05) is 30.5 Å². The molecule has 0 amide bonds. The predicted molar refractivity (Wildman–Crippen MR) is 75.3 cm³/mol. The van der Waals surface area contributed by atoms with E-state index < -0.39 is 10.2 Å². The zero-order chi connectivity index (χ0) is 14.2. The molecule has 1 atom stereocenters. The highest BCUT2D eigenvalue weighted by Crippen LogP contribution is 2.27. The van der Waals surface area contributed by atoms with Gasteiger partial charge in [0.15, 0.2) is 0 Å². The van der Waals surface area contributed by atoms with Crippen molar-refractivity contribution < 1.29 is 12.8 Å². The number of benzene rings is 1. The summed E-state index contributed by atoms with van der Waals surface area (Å²) in [5, 5.41) is 3.20. The largest absolute Gasteiger partial charge is 0.315 e. The Balaban J connectivity index is 1.89. The number of hydrogen-bond acceptors (Lipinski definition) is 3. The fourth-order valence-electron chi connectivity index (χ4n) is 2.85. The Morgan fingerprint density at radius 2 is 1.95 bits per heavy atom. The lowest BCUT2D eigenvalue weighted by atomic mass is 10.2. The summed E-state index contributed by atoms with van der Waals surface area (Å²) >= 11 is 0. The minimum Gasteiger partial charge on any atom is -0.315 e. The first-order valence-corrected chi connectivity index (χ1v) is 8.24. The first-order chi connectivity index (χ1) is 9.59. The maximum Gasteiger partial charge on any atom is 0.304 e. The third-order valence-electron chi connectivity index (χ3n) is 3.87. The van der Waals surface area contributed by atoms with E-state index in [2.05, 4.69) is 5.32 Å². The average molecular weight is 299 g/mol. The third-order valence-corrected chi connectivity index (χ3v) is 5.89. The summed E-state index contributed by atoms with van der Waals surface area (Å²) in [5.74, 6) is -0.361. The van der Waals surface area contributed by atoms with Crippen LogP contribution in [0.3, 0.4) is 0 Å². The van der Waals surface area contributed by atoms with Gasteiger partial charge in [0.1, 0.15) is 5.82 Å². The quantitative estimate of drug-likeness (QED) is 0.884. The molecule has 1 unspecified atom stereocenters. The van der Waals surface area contributed by atoms with Gasteiger partial charge in [-0.3, -0.25) is 4.31 Å². The van der Waals surface area contributed by atoms with Gasteiger partial charge in [-0.05, 0) is 43.7 Å². The third kappa shape index (κ3) is 2.41. The van der Waals surface area contributed by atoms with Gasteiger partial charge in [0.25, 0.3) is 0 Å². The van der Waals surface area contributed by atoms with Crippen molar-refractivity contribution in [2.45, 2.75) is 18.9 Å². The summed E-state index contributed by atoms with van der Waals surface area (Å²) in [4.78, 5) is 0. The van der Waals surface area contributed by atoms with Gasteiger partial charge >= 0.3 is 10.2 Å². The van der Waals surface area contributed by atoms with E-state index in [1.165, 1.54) is 28.6 Å². The molecule has 2 aliphatic rings. The van der Waals surface area contributed by atoms with Crippen LogP contribution in [-0.2, 0) is 10.2 Å². The Hall–Kier alpha value is -1.18. The molecule has 1 N–H and O–H groups in total. The highest BCUT2D eigenvalue weighted by atomic mass is 32.2. The molecule has 5 nitrogen and oxygen atoms in total. The lowest BCUT2D eigenvalue weighted by Gasteiger charge is -2.38. The maximum absolute atomic E-state index is 13.0. The van der Waals surface area contributed by atoms with E-state index in [1.54, 1.807) is 4.31 Å². The van der Waals surface area contributed by atoms with Crippen LogP contribution in [-0.4, -0.2) is 44.9 Å². The van der Waals surface area contributed by atoms with Crippen molar-refractivity contribution in [3.8, 4) is 0 Å². The molecule has 0 bridgehead atoms. The van der Waals surface area contributed by atoms with Gasteiger partial charge < -0.3 is 5.32 Å². The fraction of sp³-hybridized carbons (Fsp3) is 0.538. The van der Waals surface area contributed by atoms with E-state index in [1.807, 2.05) is 0 Å². The van der Waals surface area contributed by atoms with E-state index in [0.717, 1.165) is 19.4 Å². The van der Waals surface area contributed by atoms with E-state index in [4.69, 9.17) is 0 Å². The topological polar surface area (TPSA) is 52.7 Å². The summed E-state index contributed by atoms with van der Waals surface area (Å²) in [7, 11) is -3.51. The van der Waals surface area contributed by atoms with E-state index in [9.17, 15) is 12.8 Å². The number of rotatable bonds is 2. The van der Waals surface area contributed by atoms with Gasteiger partial charge in [-0.15, -0.1) is 0 Å². The van der Waals surface area contributed by atoms with Gasteiger partial charge in [0, 0.05) is 25.7 Å². The zero-order valence-electron chi connectivity index (χ0n) is 11.1. The second kappa shape index (κ2) is 5.31. The maximum atomic E-state index is 13.0. The van der Waals surface area contributed by atoms with E-state index in [-0.39, 0.29) is 11.9 Å². The monoisotopic (exact) mass is 299 g/mol. The SMILES string of the molecule is O=S1(=O)N(c2ccc(F)cc2)CCCN1C1CCNC1. The van der Waals surface area contributed by atoms with Crippen molar-refractivity contribution in [3.05, 3.63) is 30.1 Å². The first kappa shape index (κ1) is 13.8. The number of nitrogens with zero attached hydrogens (tertiary/aromatic N) is 2. The molecule has 0 saturated carbocycles. The highest BCUT2D eigenvalue weighted by Gasteiger charge is 2.39. The van der Waals surface area contributed by atoms with Crippen molar-refractivity contribution in [1.29, 1.82) is 0 Å². The van der Waals surface area contributed by atoms with Crippen molar-refractivity contribution in [3.63, 3.8) is 0 Å². The summed E-state index contributed by atoms with van der Waals surface area (Å²) in [6, 6.07) is 5.65. The molecular formula is C13H18FN3O2S. The Bertz CT molecular complexity index is 570. The molecule has 0 aliphatic carbocycles. The van der Waals surface area contributed by atoms with Crippen molar-refractivity contribution in [2.24, 2.45) is 0 Å². The molecule has 0 spiro atoms. The van der Waals surface area contributed by atoms with Crippen LogP contribution in [0.25, 0.3) is 0 Å². The summed E-state index contributed by atoms with van der Waals surface area (Å²) < 4.78 is 41.4. The Morgan fingerprint density at radius 1 is 1.20 bits per heavy atom. The van der Waals surface area contributed by atoms with Crippen LogP contribution < -0.4 is 9.62 Å². The molecule has 20 heavy (non-hydrogen) atoms. The van der Waals surface area contributed by atoms with Gasteiger partial charge in [-0.1, -0.05) is 0 Å². The van der Waals surface area contributed by atoms with Crippen LogP contribution in [0, 0.1) is 5.82 Å². The van der Waals surface area contributed by atoms with Gasteiger partial charge in [0.2, 0.25) is 0 Å². The first-order valence-electron chi connectivity index (χ1n) is 6.85. The van der Waals surface area contributed by atoms with Gasteiger partial charge in [0.05, 0.1) is 5.69 Å². The Morgan fingerprint density at radius 3 is 2.60 bits per heavy atom. The van der Waals surface area contributed by atoms with Gasteiger partial charge in [-0.2, -0.15) is 12.7 Å². The van der Waals surface area contributed by atoms with E-state index >= 15 is 0 Å². The van der Waals surface area contributed by atoms with Crippen molar-refractivity contribution >= 4 is 15.9 Å². The summed E-state index contributed by atoms with van der Waals surface area (Å²) in [6.45, 7) is 2.57. The molecule has 2 fully saturated rings. The molecule has 3 rings (SSSR count). The lowest BCUT2D eigenvalue weighted by Crippen LogP contribution is -2.54. The molecule has 110 valence electrons. The number of nitrogens with one attached hydrogen (secondary N) is 1. The van der Waals surface area contributed by atoms with Crippen LogP contribution in [0.15, 0.2) is 24.3 Å². The second-order valence-corrected chi connectivity index (χ2v) is 6.97. The lowest BCUT2D eigenvalue weighted by molar-refractivity contribution is 0.318. The molecule has 2 heterocycles. The van der Waals surface area contributed by atoms with Crippen LogP contribution in [0.4, 0.5) is 10.1 Å². The number of halogens is 1. The normalized spacial score (nSPS) is 26.9. The summed E-state index contributed by atoms with van der Waals surface area (Å²) in [6.07, 6.45) is 1.63. The molecule has 2 saturated heterocycles. The molecule has 0 radical (unpaired) electrons. The Kier molecular flexibility index (Phi) is 3.66. The van der Waals surface area contributed by atoms with Crippen LogP contribution >= 0.6 is 0 Å². The van der Waals surface area contributed by atoms with Crippen molar-refractivity contribution in [1.82, 2.24) is 9.62 Å². The standard InChI is InChI=1S/C13H18FN3O2S/c14-11-2-4-12(5-3-11)16-8-1-9-17(20(16,18)19)13-6-7-15-10-13/h2-5,13,15H,1,6-10H2. The predicted octanol–water partition coefficient (Wildman–Crippen LogP) is 0.945. The zero-order valence-corrected chi connectivity index (χ0v) is 11.9. The summed E-state index contributed by atoms with van der Waals surface area (Å²) in [5.41, 5.74) is 0.530. The number of anilines is 1. The minimum atomic E-state index is -3.51. The Labute approximate surface area is 118 Å². The smallest absolute Gasteiger partial charge is 0.304 e.